The fourth-order valence-corrected chi connectivity index (χ4v) is 1.73. The first kappa shape index (κ1) is 14.2. The van der Waals surface area contributed by atoms with Gasteiger partial charge in [-0.25, -0.2) is 0 Å². The van der Waals surface area contributed by atoms with Crippen LogP contribution in [0, 0.1) is 5.41 Å². The molecule has 0 amide bonds. The highest BCUT2D eigenvalue weighted by Gasteiger charge is 2.29. The summed E-state index contributed by atoms with van der Waals surface area (Å²) < 4.78 is 0. The van der Waals surface area contributed by atoms with Crippen molar-refractivity contribution in [2.75, 3.05) is 0 Å². The molecule has 0 aromatic heterocycles. The Morgan fingerprint density at radius 1 is 0.882 bits per heavy atom. The van der Waals surface area contributed by atoms with Gasteiger partial charge in [-0.2, -0.15) is 0 Å². The quantitative estimate of drug-likeness (QED) is 0.845. The average Bonchev–Trinajstić information content (AvgIpc) is 2.26. The van der Waals surface area contributed by atoms with Gasteiger partial charge >= 0.3 is 0 Å². The molecule has 2 N–H and O–H groups in total. The fraction of sp³-hybridized carbons (Fsp3) is 0.600. The van der Waals surface area contributed by atoms with E-state index in [0.29, 0.717) is 5.92 Å². The third-order valence-corrected chi connectivity index (χ3v) is 3.13. The lowest BCUT2D eigenvalue weighted by Gasteiger charge is -2.30. The van der Waals surface area contributed by atoms with E-state index in [2.05, 4.69) is 13.8 Å². The Kier molecular flexibility index (Phi) is 4.34. The number of benzene rings is 1. The lowest BCUT2D eigenvalue weighted by atomic mass is 9.83. The van der Waals surface area contributed by atoms with Gasteiger partial charge in [0.25, 0.3) is 0 Å². The molecule has 2 nitrogen and oxygen atoms in total. The Bertz CT molecular complexity index is 346. The van der Waals surface area contributed by atoms with Gasteiger partial charge in [0.05, 0.1) is 6.10 Å². The lowest BCUT2D eigenvalue weighted by Crippen LogP contribution is -2.32. The summed E-state index contributed by atoms with van der Waals surface area (Å²) in [5.74, 6) is 0.480. The predicted octanol–water partition coefficient (Wildman–Crippen LogP) is 3.25. The Morgan fingerprint density at radius 2 is 1.29 bits per heavy atom. The molecule has 0 bridgehead atoms. The molecule has 0 saturated heterocycles. The van der Waals surface area contributed by atoms with E-state index < -0.39 is 12.2 Å². The minimum absolute atomic E-state index is 0.323. The molecule has 2 atom stereocenters. The third kappa shape index (κ3) is 3.55. The van der Waals surface area contributed by atoms with Crippen molar-refractivity contribution in [3.8, 4) is 0 Å². The zero-order valence-corrected chi connectivity index (χ0v) is 11.4. The largest absolute Gasteiger partial charge is 0.390 e. The van der Waals surface area contributed by atoms with Crippen LogP contribution in [0.2, 0.25) is 0 Å². The van der Waals surface area contributed by atoms with Crippen LogP contribution in [0.25, 0.3) is 0 Å². The van der Waals surface area contributed by atoms with Crippen LogP contribution in [0.4, 0.5) is 0 Å². The number of hydrogen-bond donors (Lipinski definition) is 2. The van der Waals surface area contributed by atoms with Gasteiger partial charge in [0.15, 0.2) is 0 Å². The summed E-state index contributed by atoms with van der Waals surface area (Å²) in [4.78, 5) is 0. The topological polar surface area (TPSA) is 40.5 Å². The standard InChI is InChI=1S/C15H24O2/c1-10(2)11-6-8-12(9-7-11)13(16)14(17)15(3,4)5/h6-10,13-14,16-17H,1-5H3. The Balaban J connectivity index is 2.87. The molecule has 2 heteroatoms. The van der Waals surface area contributed by atoms with Gasteiger partial charge < -0.3 is 10.2 Å². The number of aliphatic hydroxyl groups excluding tert-OH is 2. The molecule has 0 aliphatic heterocycles. The van der Waals surface area contributed by atoms with Crippen molar-refractivity contribution in [1.29, 1.82) is 0 Å². The molecule has 1 rings (SSSR count). The van der Waals surface area contributed by atoms with Crippen molar-refractivity contribution >= 4 is 0 Å². The Morgan fingerprint density at radius 3 is 1.65 bits per heavy atom. The number of aliphatic hydroxyl groups is 2. The van der Waals surface area contributed by atoms with Crippen molar-refractivity contribution in [3.63, 3.8) is 0 Å². The third-order valence-electron chi connectivity index (χ3n) is 3.13. The molecule has 0 fully saturated rings. The van der Waals surface area contributed by atoms with E-state index in [4.69, 9.17) is 0 Å². The fourth-order valence-electron chi connectivity index (χ4n) is 1.73. The lowest BCUT2D eigenvalue weighted by molar-refractivity contribution is -0.0458. The molecule has 1 aromatic carbocycles. The SMILES string of the molecule is CC(C)c1ccc(C(O)C(O)C(C)(C)C)cc1. The number of rotatable bonds is 3. The summed E-state index contributed by atoms with van der Waals surface area (Å²) >= 11 is 0. The van der Waals surface area contributed by atoms with E-state index in [1.807, 2.05) is 45.0 Å². The molecule has 0 aliphatic rings. The molecule has 96 valence electrons. The number of hydrogen-bond acceptors (Lipinski definition) is 2. The van der Waals surface area contributed by atoms with Gasteiger partial charge in [0.1, 0.15) is 6.10 Å². The smallest absolute Gasteiger partial charge is 0.105 e. The van der Waals surface area contributed by atoms with E-state index in [-0.39, 0.29) is 5.41 Å². The van der Waals surface area contributed by atoms with E-state index in [9.17, 15) is 10.2 Å². The van der Waals surface area contributed by atoms with Gasteiger partial charge in [0, 0.05) is 0 Å². The van der Waals surface area contributed by atoms with E-state index in [1.54, 1.807) is 0 Å². The van der Waals surface area contributed by atoms with Crippen LogP contribution in [0.3, 0.4) is 0 Å². The maximum absolute atomic E-state index is 10.1. The first-order valence-electron chi connectivity index (χ1n) is 6.19. The maximum atomic E-state index is 10.1. The molecular formula is C15H24O2. The van der Waals surface area contributed by atoms with Crippen molar-refractivity contribution in [1.82, 2.24) is 0 Å². The molecule has 1 aromatic rings. The van der Waals surface area contributed by atoms with Crippen LogP contribution >= 0.6 is 0 Å². The molecule has 0 spiro atoms. The molecule has 17 heavy (non-hydrogen) atoms. The summed E-state index contributed by atoms with van der Waals surface area (Å²) in [7, 11) is 0. The van der Waals surface area contributed by atoms with Crippen LogP contribution in [0.5, 0.6) is 0 Å². The summed E-state index contributed by atoms with van der Waals surface area (Å²) in [6.45, 7) is 10.0. The molecular weight excluding hydrogens is 212 g/mol. The van der Waals surface area contributed by atoms with Crippen LogP contribution in [0.1, 0.15) is 57.8 Å². The van der Waals surface area contributed by atoms with Crippen LogP contribution in [0.15, 0.2) is 24.3 Å². The second kappa shape index (κ2) is 5.19. The Labute approximate surface area is 104 Å². The Hall–Kier alpha value is -0.860. The molecule has 0 heterocycles. The van der Waals surface area contributed by atoms with Crippen molar-refractivity contribution in [3.05, 3.63) is 35.4 Å². The minimum Gasteiger partial charge on any atom is -0.390 e. The van der Waals surface area contributed by atoms with Gasteiger partial charge in [-0.15, -0.1) is 0 Å². The van der Waals surface area contributed by atoms with E-state index in [1.165, 1.54) is 5.56 Å². The zero-order valence-electron chi connectivity index (χ0n) is 11.4. The minimum atomic E-state index is -0.823. The average molecular weight is 236 g/mol. The molecule has 0 saturated carbocycles. The summed E-state index contributed by atoms with van der Waals surface area (Å²) in [5, 5.41) is 20.1. The summed E-state index contributed by atoms with van der Waals surface area (Å²) in [5.41, 5.74) is 1.69. The first-order valence-corrected chi connectivity index (χ1v) is 6.19. The van der Waals surface area contributed by atoms with E-state index in [0.717, 1.165) is 5.56 Å². The highest BCUT2D eigenvalue weighted by molar-refractivity contribution is 5.26. The van der Waals surface area contributed by atoms with E-state index >= 15 is 0 Å². The second-order valence-corrected chi connectivity index (χ2v) is 6.08. The zero-order chi connectivity index (χ0) is 13.2. The van der Waals surface area contributed by atoms with Crippen molar-refractivity contribution in [2.24, 2.45) is 5.41 Å². The van der Waals surface area contributed by atoms with Crippen molar-refractivity contribution in [2.45, 2.75) is 52.7 Å². The van der Waals surface area contributed by atoms with Gasteiger partial charge in [0.2, 0.25) is 0 Å². The van der Waals surface area contributed by atoms with Gasteiger partial charge in [-0.3, -0.25) is 0 Å². The second-order valence-electron chi connectivity index (χ2n) is 6.08. The van der Waals surface area contributed by atoms with Crippen LogP contribution < -0.4 is 0 Å². The van der Waals surface area contributed by atoms with Gasteiger partial charge in [-0.05, 0) is 22.5 Å². The van der Waals surface area contributed by atoms with Gasteiger partial charge in [-0.1, -0.05) is 58.9 Å². The van der Waals surface area contributed by atoms with Crippen molar-refractivity contribution < 1.29 is 10.2 Å². The normalized spacial score (nSPS) is 16.0. The van der Waals surface area contributed by atoms with Crippen LogP contribution in [-0.4, -0.2) is 16.3 Å². The molecule has 0 aliphatic carbocycles. The highest BCUT2D eigenvalue weighted by atomic mass is 16.3. The molecule has 2 unspecified atom stereocenters. The van der Waals surface area contributed by atoms with Crippen LogP contribution in [-0.2, 0) is 0 Å². The first-order chi connectivity index (χ1) is 7.73. The maximum Gasteiger partial charge on any atom is 0.105 e. The summed E-state index contributed by atoms with van der Waals surface area (Å²) in [6, 6.07) is 7.82. The highest BCUT2D eigenvalue weighted by Crippen LogP contribution is 2.30. The molecule has 0 radical (unpaired) electrons. The summed E-state index contributed by atoms with van der Waals surface area (Å²) in [6.07, 6.45) is -1.58. The predicted molar refractivity (Wildman–Crippen MR) is 71.0 cm³/mol. The monoisotopic (exact) mass is 236 g/mol.